The number of anilines is 1. The highest BCUT2D eigenvalue weighted by Gasteiger charge is 2.04. The van der Waals surface area contributed by atoms with E-state index in [0.29, 0.717) is 12.6 Å². The van der Waals surface area contributed by atoms with E-state index < -0.39 is 0 Å². The molecule has 0 saturated carbocycles. The molecule has 0 amide bonds. The smallest absolute Gasteiger partial charge is 0.125 e. The molecule has 0 fully saturated rings. The van der Waals surface area contributed by atoms with Gasteiger partial charge in [0.15, 0.2) is 0 Å². The Hall–Kier alpha value is -1.71. The standard InChI is InChI=1S/C12H17N3O/c1-9(2)15-8-11(6-14-15)13-7-12-10(3)4-5-16-12/h4-6,8-9,13H,7H2,1-3H3. The number of hydrogen-bond acceptors (Lipinski definition) is 3. The van der Waals surface area contributed by atoms with Crippen LogP contribution in [0.2, 0.25) is 0 Å². The minimum absolute atomic E-state index is 0.390. The molecule has 0 aliphatic carbocycles. The lowest BCUT2D eigenvalue weighted by atomic mass is 10.3. The van der Waals surface area contributed by atoms with Gasteiger partial charge >= 0.3 is 0 Å². The van der Waals surface area contributed by atoms with Gasteiger partial charge in [-0.15, -0.1) is 0 Å². The Bertz CT molecular complexity index is 456. The molecule has 16 heavy (non-hydrogen) atoms. The topological polar surface area (TPSA) is 43.0 Å². The molecule has 0 spiro atoms. The van der Waals surface area contributed by atoms with Crippen molar-refractivity contribution in [1.29, 1.82) is 0 Å². The summed E-state index contributed by atoms with van der Waals surface area (Å²) in [5.41, 5.74) is 2.19. The second-order valence-electron chi connectivity index (χ2n) is 4.18. The van der Waals surface area contributed by atoms with Gasteiger partial charge in [-0.1, -0.05) is 0 Å². The molecule has 2 heterocycles. The van der Waals surface area contributed by atoms with Crippen LogP contribution in [0.15, 0.2) is 29.1 Å². The van der Waals surface area contributed by atoms with Crippen LogP contribution in [0.25, 0.3) is 0 Å². The SMILES string of the molecule is Cc1ccoc1CNc1cnn(C(C)C)c1. The van der Waals surface area contributed by atoms with Gasteiger partial charge in [-0.3, -0.25) is 4.68 Å². The molecule has 0 bridgehead atoms. The predicted molar refractivity (Wildman–Crippen MR) is 63.4 cm³/mol. The normalized spacial score (nSPS) is 11.0. The van der Waals surface area contributed by atoms with Crippen LogP contribution in [-0.2, 0) is 6.54 Å². The van der Waals surface area contributed by atoms with Gasteiger partial charge in [-0.2, -0.15) is 5.10 Å². The summed E-state index contributed by atoms with van der Waals surface area (Å²) < 4.78 is 7.28. The number of furan rings is 1. The number of aromatic nitrogens is 2. The Morgan fingerprint density at radius 3 is 2.88 bits per heavy atom. The molecular formula is C12H17N3O. The maximum Gasteiger partial charge on any atom is 0.125 e. The van der Waals surface area contributed by atoms with Crippen LogP contribution in [0.1, 0.15) is 31.2 Å². The van der Waals surface area contributed by atoms with Crippen molar-refractivity contribution >= 4 is 5.69 Å². The summed E-state index contributed by atoms with van der Waals surface area (Å²) in [4.78, 5) is 0. The van der Waals surface area contributed by atoms with Gasteiger partial charge in [0.05, 0.1) is 24.7 Å². The molecule has 4 nitrogen and oxygen atoms in total. The van der Waals surface area contributed by atoms with Crippen molar-refractivity contribution in [3.05, 3.63) is 36.0 Å². The maximum absolute atomic E-state index is 5.35. The summed E-state index contributed by atoms with van der Waals surface area (Å²) in [6, 6.07) is 2.36. The fraction of sp³-hybridized carbons (Fsp3) is 0.417. The second kappa shape index (κ2) is 4.43. The Labute approximate surface area is 95.3 Å². The molecule has 4 heteroatoms. The number of nitrogens with zero attached hydrogens (tertiary/aromatic N) is 2. The summed E-state index contributed by atoms with van der Waals surface area (Å²) >= 11 is 0. The molecule has 2 aromatic heterocycles. The molecule has 2 aromatic rings. The first-order valence-corrected chi connectivity index (χ1v) is 5.48. The zero-order valence-corrected chi connectivity index (χ0v) is 9.90. The molecule has 2 rings (SSSR count). The van der Waals surface area contributed by atoms with Gasteiger partial charge in [-0.25, -0.2) is 0 Å². The second-order valence-corrected chi connectivity index (χ2v) is 4.18. The summed E-state index contributed by atoms with van der Waals surface area (Å²) in [5.74, 6) is 0.970. The first-order chi connectivity index (χ1) is 7.66. The minimum atomic E-state index is 0.390. The van der Waals surface area contributed by atoms with Crippen molar-refractivity contribution < 1.29 is 4.42 Å². The van der Waals surface area contributed by atoms with Crippen molar-refractivity contribution in [1.82, 2.24) is 9.78 Å². The molecular weight excluding hydrogens is 202 g/mol. The summed E-state index contributed by atoms with van der Waals surface area (Å²) in [6.07, 6.45) is 5.55. The molecule has 0 aliphatic heterocycles. The molecule has 0 unspecified atom stereocenters. The van der Waals surface area contributed by atoms with Crippen LogP contribution in [0.5, 0.6) is 0 Å². The third kappa shape index (κ3) is 2.27. The summed E-state index contributed by atoms with van der Waals surface area (Å²) in [7, 11) is 0. The number of rotatable bonds is 4. The van der Waals surface area contributed by atoms with Crippen molar-refractivity contribution in [2.45, 2.75) is 33.4 Å². The molecule has 0 saturated heterocycles. The lowest BCUT2D eigenvalue weighted by molar-refractivity contribution is 0.515. The molecule has 0 radical (unpaired) electrons. The van der Waals surface area contributed by atoms with Crippen LogP contribution in [-0.4, -0.2) is 9.78 Å². The summed E-state index contributed by atoms with van der Waals surface area (Å²) in [5, 5.41) is 7.55. The van der Waals surface area contributed by atoms with Crippen molar-refractivity contribution in [2.75, 3.05) is 5.32 Å². The van der Waals surface area contributed by atoms with Gasteiger partial charge in [0.1, 0.15) is 5.76 Å². The van der Waals surface area contributed by atoms with Gasteiger partial charge < -0.3 is 9.73 Å². The molecule has 86 valence electrons. The Morgan fingerprint density at radius 1 is 1.50 bits per heavy atom. The average Bonchev–Trinajstić information content (AvgIpc) is 2.83. The van der Waals surface area contributed by atoms with Crippen molar-refractivity contribution in [2.24, 2.45) is 0 Å². The van der Waals surface area contributed by atoms with E-state index in [2.05, 4.69) is 24.3 Å². The van der Waals surface area contributed by atoms with Gasteiger partial charge in [-0.05, 0) is 32.4 Å². The number of hydrogen-bond donors (Lipinski definition) is 1. The maximum atomic E-state index is 5.35. The number of nitrogens with one attached hydrogen (secondary N) is 1. The zero-order chi connectivity index (χ0) is 11.5. The minimum Gasteiger partial charge on any atom is -0.467 e. The highest BCUT2D eigenvalue weighted by molar-refractivity contribution is 5.39. The van der Waals surface area contributed by atoms with Crippen molar-refractivity contribution in [3.63, 3.8) is 0 Å². The van der Waals surface area contributed by atoms with Crippen LogP contribution in [0.3, 0.4) is 0 Å². The third-order valence-corrected chi connectivity index (χ3v) is 2.55. The van der Waals surface area contributed by atoms with E-state index in [0.717, 1.165) is 11.4 Å². The predicted octanol–water partition coefficient (Wildman–Crippen LogP) is 2.98. The van der Waals surface area contributed by atoms with E-state index in [9.17, 15) is 0 Å². The van der Waals surface area contributed by atoms with Gasteiger partial charge in [0.25, 0.3) is 0 Å². The van der Waals surface area contributed by atoms with E-state index in [-0.39, 0.29) is 0 Å². The zero-order valence-electron chi connectivity index (χ0n) is 9.90. The Morgan fingerprint density at radius 2 is 2.31 bits per heavy atom. The quantitative estimate of drug-likeness (QED) is 0.859. The largest absolute Gasteiger partial charge is 0.467 e. The van der Waals surface area contributed by atoms with Gasteiger partial charge in [0, 0.05) is 12.2 Å². The van der Waals surface area contributed by atoms with Crippen LogP contribution in [0, 0.1) is 6.92 Å². The fourth-order valence-corrected chi connectivity index (χ4v) is 1.48. The number of aryl methyl sites for hydroxylation is 1. The lowest BCUT2D eigenvalue weighted by Crippen LogP contribution is -2.01. The van der Waals surface area contributed by atoms with Gasteiger partial charge in [0.2, 0.25) is 0 Å². The van der Waals surface area contributed by atoms with E-state index in [1.165, 1.54) is 5.56 Å². The van der Waals surface area contributed by atoms with Crippen molar-refractivity contribution in [3.8, 4) is 0 Å². The third-order valence-electron chi connectivity index (χ3n) is 2.55. The van der Waals surface area contributed by atoms with E-state index >= 15 is 0 Å². The van der Waals surface area contributed by atoms with Crippen LogP contribution < -0.4 is 5.32 Å². The van der Waals surface area contributed by atoms with E-state index in [1.54, 1.807) is 6.26 Å². The van der Waals surface area contributed by atoms with Crippen LogP contribution in [0.4, 0.5) is 5.69 Å². The Kier molecular flexibility index (Phi) is 2.99. The first kappa shape index (κ1) is 10.8. The van der Waals surface area contributed by atoms with E-state index in [4.69, 9.17) is 4.42 Å². The first-order valence-electron chi connectivity index (χ1n) is 5.48. The Balaban J connectivity index is 1.97. The average molecular weight is 219 g/mol. The monoisotopic (exact) mass is 219 g/mol. The van der Waals surface area contributed by atoms with Crippen LogP contribution >= 0.6 is 0 Å². The van der Waals surface area contributed by atoms with E-state index in [1.807, 2.05) is 30.1 Å². The lowest BCUT2D eigenvalue weighted by Gasteiger charge is -2.04. The molecule has 0 aromatic carbocycles. The highest BCUT2D eigenvalue weighted by atomic mass is 16.3. The summed E-state index contributed by atoms with van der Waals surface area (Å²) in [6.45, 7) is 6.95. The fourth-order valence-electron chi connectivity index (χ4n) is 1.48. The molecule has 1 N–H and O–H groups in total. The highest BCUT2D eigenvalue weighted by Crippen LogP contribution is 2.13. The molecule has 0 aliphatic rings. The molecule has 0 atom stereocenters.